The van der Waals surface area contributed by atoms with E-state index in [1.165, 1.54) is 12.1 Å². The van der Waals surface area contributed by atoms with Crippen molar-refractivity contribution in [3.8, 4) is 22.9 Å². The first-order valence-electron chi connectivity index (χ1n) is 9.34. The summed E-state index contributed by atoms with van der Waals surface area (Å²) < 4.78 is 18.6. The standard InChI is InChI=1S/C24H21FN2O2/c1-17(24(28)27-15-14-18-4-10-22(25)11-5-18)29-23-12-8-21(9-13-23)20-6-2-19(16-26)3-7-20/h2-13,17H,14-15H2,1H3,(H,27,28). The number of carbonyl (C=O) groups is 1. The number of rotatable bonds is 7. The first-order chi connectivity index (χ1) is 14.0. The van der Waals surface area contributed by atoms with Crippen molar-refractivity contribution < 1.29 is 13.9 Å². The zero-order chi connectivity index (χ0) is 20.6. The van der Waals surface area contributed by atoms with Gasteiger partial charge < -0.3 is 10.1 Å². The van der Waals surface area contributed by atoms with Crippen LogP contribution in [0.15, 0.2) is 72.8 Å². The Labute approximate surface area is 169 Å². The van der Waals surface area contributed by atoms with E-state index in [4.69, 9.17) is 10.00 Å². The predicted molar refractivity (Wildman–Crippen MR) is 110 cm³/mol. The number of nitrogens with zero attached hydrogens (tertiary/aromatic N) is 1. The lowest BCUT2D eigenvalue weighted by atomic mass is 10.0. The number of halogens is 1. The highest BCUT2D eigenvalue weighted by Gasteiger charge is 2.14. The third kappa shape index (κ3) is 5.66. The van der Waals surface area contributed by atoms with Gasteiger partial charge in [-0.1, -0.05) is 36.4 Å². The summed E-state index contributed by atoms with van der Waals surface area (Å²) in [6, 6.07) is 23.1. The maximum Gasteiger partial charge on any atom is 0.260 e. The Morgan fingerprint density at radius 1 is 1.00 bits per heavy atom. The number of hydrogen-bond acceptors (Lipinski definition) is 3. The average molecular weight is 388 g/mol. The van der Waals surface area contributed by atoms with Crippen molar-refractivity contribution in [2.24, 2.45) is 0 Å². The van der Waals surface area contributed by atoms with Crippen molar-refractivity contribution >= 4 is 5.91 Å². The molecule has 3 aromatic carbocycles. The molecule has 0 saturated carbocycles. The van der Waals surface area contributed by atoms with E-state index in [0.717, 1.165) is 16.7 Å². The molecule has 0 aliphatic rings. The summed E-state index contributed by atoms with van der Waals surface area (Å²) in [6.07, 6.45) is -0.0122. The summed E-state index contributed by atoms with van der Waals surface area (Å²) in [4.78, 5) is 12.2. The van der Waals surface area contributed by atoms with Crippen LogP contribution in [0.25, 0.3) is 11.1 Å². The highest BCUT2D eigenvalue weighted by molar-refractivity contribution is 5.80. The van der Waals surface area contributed by atoms with E-state index in [-0.39, 0.29) is 11.7 Å². The van der Waals surface area contributed by atoms with Gasteiger partial charge in [-0.2, -0.15) is 5.26 Å². The van der Waals surface area contributed by atoms with Crippen molar-refractivity contribution in [2.75, 3.05) is 6.54 Å². The van der Waals surface area contributed by atoms with Crippen molar-refractivity contribution in [3.63, 3.8) is 0 Å². The molecule has 146 valence electrons. The zero-order valence-corrected chi connectivity index (χ0v) is 16.1. The maximum absolute atomic E-state index is 12.9. The van der Waals surface area contributed by atoms with Gasteiger partial charge in [0.05, 0.1) is 11.6 Å². The molecule has 1 atom stereocenters. The van der Waals surface area contributed by atoms with Crippen LogP contribution < -0.4 is 10.1 Å². The molecular formula is C24H21FN2O2. The number of nitrogens with one attached hydrogen (secondary N) is 1. The topological polar surface area (TPSA) is 62.1 Å². The van der Waals surface area contributed by atoms with Crippen LogP contribution in [-0.4, -0.2) is 18.6 Å². The van der Waals surface area contributed by atoms with E-state index < -0.39 is 6.10 Å². The molecular weight excluding hydrogens is 367 g/mol. The summed E-state index contributed by atoms with van der Waals surface area (Å²) in [5.41, 5.74) is 3.58. The van der Waals surface area contributed by atoms with Gasteiger partial charge in [-0.15, -0.1) is 0 Å². The number of benzene rings is 3. The van der Waals surface area contributed by atoms with Crippen LogP contribution in [0.5, 0.6) is 5.75 Å². The van der Waals surface area contributed by atoms with Gasteiger partial charge in [0.25, 0.3) is 5.91 Å². The van der Waals surface area contributed by atoms with Crippen molar-refractivity contribution in [1.29, 1.82) is 5.26 Å². The molecule has 0 fully saturated rings. The molecule has 0 saturated heterocycles. The molecule has 1 N–H and O–H groups in total. The van der Waals surface area contributed by atoms with E-state index in [1.54, 1.807) is 31.2 Å². The summed E-state index contributed by atoms with van der Waals surface area (Å²) in [7, 11) is 0. The summed E-state index contributed by atoms with van der Waals surface area (Å²) in [5.74, 6) is 0.122. The molecule has 0 aliphatic heterocycles. The predicted octanol–water partition coefficient (Wildman–Crippen LogP) is 4.49. The SMILES string of the molecule is CC(Oc1ccc(-c2ccc(C#N)cc2)cc1)C(=O)NCCc1ccc(F)cc1. The fourth-order valence-electron chi connectivity index (χ4n) is 2.85. The second kappa shape index (κ2) is 9.52. The number of nitriles is 1. The quantitative estimate of drug-likeness (QED) is 0.649. The largest absolute Gasteiger partial charge is 0.481 e. The van der Waals surface area contributed by atoms with Gasteiger partial charge in [-0.05, 0) is 66.4 Å². The smallest absolute Gasteiger partial charge is 0.260 e. The van der Waals surface area contributed by atoms with Crippen molar-refractivity contribution in [2.45, 2.75) is 19.4 Å². The highest BCUT2D eigenvalue weighted by Crippen LogP contribution is 2.23. The van der Waals surface area contributed by atoms with Gasteiger partial charge in [0.1, 0.15) is 11.6 Å². The Kier molecular flexibility index (Phi) is 6.59. The summed E-state index contributed by atoms with van der Waals surface area (Å²) >= 11 is 0. The maximum atomic E-state index is 12.9. The second-order valence-corrected chi connectivity index (χ2v) is 6.64. The Balaban J connectivity index is 1.50. The molecule has 5 heteroatoms. The minimum atomic E-state index is -0.635. The van der Waals surface area contributed by atoms with Crippen LogP contribution in [0.2, 0.25) is 0 Å². The van der Waals surface area contributed by atoms with Gasteiger partial charge in [0, 0.05) is 6.54 Å². The van der Waals surface area contributed by atoms with Gasteiger partial charge in [0.15, 0.2) is 6.10 Å². The van der Waals surface area contributed by atoms with Gasteiger partial charge in [-0.3, -0.25) is 4.79 Å². The first kappa shape index (κ1) is 20.1. The highest BCUT2D eigenvalue weighted by atomic mass is 19.1. The summed E-state index contributed by atoms with van der Waals surface area (Å²) in [5, 5.41) is 11.7. The molecule has 29 heavy (non-hydrogen) atoms. The van der Waals surface area contributed by atoms with Crippen LogP contribution in [-0.2, 0) is 11.2 Å². The summed E-state index contributed by atoms with van der Waals surface area (Å²) in [6.45, 7) is 2.15. The van der Waals surface area contributed by atoms with Gasteiger partial charge >= 0.3 is 0 Å². The van der Waals surface area contributed by atoms with Crippen LogP contribution >= 0.6 is 0 Å². The monoisotopic (exact) mass is 388 g/mol. The van der Waals surface area contributed by atoms with Crippen LogP contribution in [0.4, 0.5) is 4.39 Å². The molecule has 1 amide bonds. The van der Waals surface area contributed by atoms with Gasteiger partial charge in [-0.25, -0.2) is 4.39 Å². The van der Waals surface area contributed by atoms with E-state index in [9.17, 15) is 9.18 Å². The lowest BCUT2D eigenvalue weighted by molar-refractivity contribution is -0.127. The van der Waals surface area contributed by atoms with Crippen molar-refractivity contribution in [1.82, 2.24) is 5.32 Å². The van der Waals surface area contributed by atoms with Gasteiger partial charge in [0.2, 0.25) is 0 Å². The van der Waals surface area contributed by atoms with E-state index in [1.807, 2.05) is 36.4 Å². The van der Waals surface area contributed by atoms with E-state index in [0.29, 0.717) is 24.3 Å². The minimum Gasteiger partial charge on any atom is -0.481 e. The van der Waals surface area contributed by atoms with Crippen LogP contribution in [0, 0.1) is 17.1 Å². The molecule has 0 aliphatic carbocycles. The second-order valence-electron chi connectivity index (χ2n) is 6.64. The minimum absolute atomic E-state index is 0.205. The fraction of sp³-hybridized carbons (Fsp3) is 0.167. The molecule has 3 aromatic rings. The lowest BCUT2D eigenvalue weighted by Gasteiger charge is -2.15. The Bertz CT molecular complexity index is 991. The van der Waals surface area contributed by atoms with Crippen LogP contribution in [0.1, 0.15) is 18.1 Å². The molecule has 4 nitrogen and oxygen atoms in total. The molecule has 0 radical (unpaired) electrons. The average Bonchev–Trinajstić information content (AvgIpc) is 2.75. The third-order valence-corrected chi connectivity index (χ3v) is 4.51. The van der Waals surface area contributed by atoms with E-state index >= 15 is 0 Å². The molecule has 3 rings (SSSR count). The number of carbonyl (C=O) groups excluding carboxylic acids is 1. The first-order valence-corrected chi connectivity index (χ1v) is 9.34. The van der Waals surface area contributed by atoms with Crippen LogP contribution in [0.3, 0.4) is 0 Å². The molecule has 1 unspecified atom stereocenters. The zero-order valence-electron chi connectivity index (χ0n) is 16.1. The molecule has 0 spiro atoms. The Morgan fingerprint density at radius 3 is 2.17 bits per heavy atom. The number of hydrogen-bond donors (Lipinski definition) is 1. The Hall–Kier alpha value is -3.65. The van der Waals surface area contributed by atoms with Crippen molar-refractivity contribution in [3.05, 3.63) is 89.7 Å². The normalized spacial score (nSPS) is 11.3. The third-order valence-electron chi connectivity index (χ3n) is 4.51. The number of amides is 1. The van der Waals surface area contributed by atoms with E-state index in [2.05, 4.69) is 11.4 Å². The fourth-order valence-corrected chi connectivity index (χ4v) is 2.85. The Morgan fingerprint density at radius 2 is 1.59 bits per heavy atom. The molecule has 0 bridgehead atoms. The molecule has 0 aromatic heterocycles. The molecule has 0 heterocycles. The number of ether oxygens (including phenoxy) is 1. The lowest BCUT2D eigenvalue weighted by Crippen LogP contribution is -2.37.